The van der Waals surface area contributed by atoms with Gasteiger partial charge in [0.25, 0.3) is 0 Å². The first kappa shape index (κ1) is 16.8. The van der Waals surface area contributed by atoms with Crippen molar-refractivity contribution in [3.63, 3.8) is 0 Å². The third kappa shape index (κ3) is 5.28. The maximum atomic E-state index is 11.7. The summed E-state index contributed by atoms with van der Waals surface area (Å²) in [7, 11) is 0. The Balaban J connectivity index is 1.65. The smallest absolute Gasteiger partial charge is 0.222 e. The number of carbonyl (C=O) groups excluding carboxylic acids is 1. The molecule has 0 saturated carbocycles. The highest BCUT2D eigenvalue weighted by Crippen LogP contribution is 2.26. The lowest BCUT2D eigenvalue weighted by molar-refractivity contribution is -0.132. The Kier molecular flexibility index (Phi) is 6.53. The fourth-order valence-corrected chi connectivity index (χ4v) is 4.03. The molecule has 2 saturated heterocycles. The number of hydrogen-bond acceptors (Lipinski definition) is 2. The summed E-state index contributed by atoms with van der Waals surface area (Å²) >= 11 is 0. The van der Waals surface area contributed by atoms with Crippen LogP contribution in [-0.2, 0) is 4.79 Å². The molecule has 3 heteroatoms. The Hall–Kier alpha value is -0.570. The van der Waals surface area contributed by atoms with Crippen LogP contribution in [0.3, 0.4) is 0 Å². The van der Waals surface area contributed by atoms with Gasteiger partial charge in [0.15, 0.2) is 0 Å². The Bertz CT molecular complexity index is 313. The molecule has 2 aliphatic heterocycles. The summed E-state index contributed by atoms with van der Waals surface area (Å²) in [5.41, 5.74) is 0. The average molecular weight is 294 g/mol. The van der Waals surface area contributed by atoms with Crippen molar-refractivity contribution in [2.45, 2.75) is 59.3 Å². The Morgan fingerprint density at radius 1 is 1.00 bits per heavy atom. The molecule has 2 aliphatic rings. The van der Waals surface area contributed by atoms with E-state index >= 15 is 0 Å². The van der Waals surface area contributed by atoms with E-state index in [4.69, 9.17) is 0 Å². The van der Waals surface area contributed by atoms with Gasteiger partial charge in [0.2, 0.25) is 5.91 Å². The minimum absolute atomic E-state index is 0.336. The number of rotatable bonds is 5. The van der Waals surface area contributed by atoms with Gasteiger partial charge in [-0.25, -0.2) is 0 Å². The van der Waals surface area contributed by atoms with Gasteiger partial charge in [0.05, 0.1) is 0 Å². The summed E-state index contributed by atoms with van der Waals surface area (Å²) in [6.07, 6.45) is 7.27. The van der Waals surface area contributed by atoms with E-state index < -0.39 is 0 Å². The van der Waals surface area contributed by atoms with Crippen molar-refractivity contribution in [1.82, 2.24) is 9.80 Å². The molecular formula is C18H34N2O. The van der Waals surface area contributed by atoms with Crippen molar-refractivity contribution in [2.75, 3.05) is 32.7 Å². The van der Waals surface area contributed by atoms with Gasteiger partial charge < -0.3 is 9.80 Å². The van der Waals surface area contributed by atoms with Crippen molar-refractivity contribution < 1.29 is 4.79 Å². The predicted molar refractivity (Wildman–Crippen MR) is 88.2 cm³/mol. The van der Waals surface area contributed by atoms with Gasteiger partial charge in [-0.2, -0.15) is 0 Å². The molecule has 0 aromatic rings. The van der Waals surface area contributed by atoms with E-state index in [-0.39, 0.29) is 0 Å². The van der Waals surface area contributed by atoms with Crippen LogP contribution in [0.25, 0.3) is 0 Å². The fraction of sp³-hybridized carbons (Fsp3) is 0.944. The number of hydrogen-bond donors (Lipinski definition) is 0. The highest BCUT2D eigenvalue weighted by atomic mass is 16.2. The zero-order valence-corrected chi connectivity index (χ0v) is 14.3. The molecule has 0 atom stereocenters. The van der Waals surface area contributed by atoms with Crippen molar-refractivity contribution in [3.05, 3.63) is 0 Å². The number of amides is 1. The number of carbonyl (C=O) groups is 1. The SMILES string of the molecule is CCC(=O)N1CCC(CN2CCC(CC(C)C)CC2)CC1. The van der Waals surface area contributed by atoms with E-state index in [1.165, 1.54) is 51.7 Å². The Morgan fingerprint density at radius 3 is 2.10 bits per heavy atom. The van der Waals surface area contributed by atoms with Crippen LogP contribution < -0.4 is 0 Å². The molecule has 0 bridgehead atoms. The van der Waals surface area contributed by atoms with E-state index in [1.807, 2.05) is 6.92 Å². The molecule has 0 N–H and O–H groups in total. The van der Waals surface area contributed by atoms with E-state index in [2.05, 4.69) is 23.6 Å². The first-order valence-electron chi connectivity index (χ1n) is 9.08. The van der Waals surface area contributed by atoms with Crippen molar-refractivity contribution in [1.29, 1.82) is 0 Å². The molecule has 0 aliphatic carbocycles. The Labute approximate surface area is 131 Å². The van der Waals surface area contributed by atoms with Crippen LogP contribution >= 0.6 is 0 Å². The second-order valence-electron chi connectivity index (χ2n) is 7.55. The second-order valence-corrected chi connectivity index (χ2v) is 7.55. The highest BCUT2D eigenvalue weighted by molar-refractivity contribution is 5.75. The van der Waals surface area contributed by atoms with Crippen LogP contribution in [0.15, 0.2) is 0 Å². The first-order chi connectivity index (χ1) is 10.1. The second kappa shape index (κ2) is 8.17. The van der Waals surface area contributed by atoms with Gasteiger partial charge in [-0.05, 0) is 62.9 Å². The van der Waals surface area contributed by atoms with Crippen LogP contribution in [0.2, 0.25) is 0 Å². The van der Waals surface area contributed by atoms with E-state index in [9.17, 15) is 4.79 Å². The lowest BCUT2D eigenvalue weighted by atomic mass is 9.87. The van der Waals surface area contributed by atoms with E-state index in [0.717, 1.165) is 30.8 Å². The van der Waals surface area contributed by atoms with Gasteiger partial charge in [-0.3, -0.25) is 4.79 Å². The summed E-state index contributed by atoms with van der Waals surface area (Å²) in [5.74, 6) is 2.96. The lowest BCUT2D eigenvalue weighted by Crippen LogP contribution is -2.43. The fourth-order valence-electron chi connectivity index (χ4n) is 4.03. The molecule has 0 aromatic heterocycles. The summed E-state index contributed by atoms with van der Waals surface area (Å²) in [6, 6.07) is 0. The molecule has 0 aromatic carbocycles. The average Bonchev–Trinajstić information content (AvgIpc) is 2.49. The molecule has 1 amide bonds. The van der Waals surface area contributed by atoms with Crippen LogP contribution in [0.5, 0.6) is 0 Å². The monoisotopic (exact) mass is 294 g/mol. The first-order valence-corrected chi connectivity index (χ1v) is 9.08. The van der Waals surface area contributed by atoms with E-state index in [1.54, 1.807) is 0 Å². The maximum absolute atomic E-state index is 11.7. The summed E-state index contributed by atoms with van der Waals surface area (Å²) < 4.78 is 0. The minimum atomic E-state index is 0.336. The molecule has 122 valence electrons. The zero-order valence-electron chi connectivity index (χ0n) is 14.3. The molecule has 0 spiro atoms. The molecule has 2 rings (SSSR count). The van der Waals surface area contributed by atoms with Crippen LogP contribution in [0.1, 0.15) is 59.3 Å². The minimum Gasteiger partial charge on any atom is -0.343 e. The van der Waals surface area contributed by atoms with E-state index in [0.29, 0.717) is 12.3 Å². The molecule has 3 nitrogen and oxygen atoms in total. The summed E-state index contributed by atoms with van der Waals surface area (Å²) in [5, 5.41) is 0. The molecule has 21 heavy (non-hydrogen) atoms. The van der Waals surface area contributed by atoms with Crippen LogP contribution in [0, 0.1) is 17.8 Å². The third-order valence-electron chi connectivity index (χ3n) is 5.30. The van der Waals surface area contributed by atoms with Crippen molar-refractivity contribution >= 4 is 5.91 Å². The molecular weight excluding hydrogens is 260 g/mol. The van der Waals surface area contributed by atoms with Crippen molar-refractivity contribution in [3.8, 4) is 0 Å². The van der Waals surface area contributed by atoms with Gasteiger partial charge in [-0.15, -0.1) is 0 Å². The standard InChI is InChI=1S/C18H34N2O/c1-4-18(21)20-11-7-17(8-12-20)14-19-9-5-16(6-10-19)13-15(2)3/h15-17H,4-14H2,1-3H3. The number of likely N-dealkylation sites (tertiary alicyclic amines) is 2. The van der Waals surface area contributed by atoms with Gasteiger partial charge in [0.1, 0.15) is 0 Å². The quantitative estimate of drug-likeness (QED) is 0.776. The summed E-state index contributed by atoms with van der Waals surface area (Å²) in [4.78, 5) is 16.4. The predicted octanol–water partition coefficient (Wildman–Crippen LogP) is 3.39. The van der Waals surface area contributed by atoms with Crippen molar-refractivity contribution in [2.24, 2.45) is 17.8 Å². The molecule has 0 radical (unpaired) electrons. The van der Waals surface area contributed by atoms with Gasteiger partial charge in [-0.1, -0.05) is 20.8 Å². The normalized spacial score (nSPS) is 23.0. The number of piperidine rings is 2. The highest BCUT2D eigenvalue weighted by Gasteiger charge is 2.26. The Morgan fingerprint density at radius 2 is 1.57 bits per heavy atom. The topological polar surface area (TPSA) is 23.6 Å². The van der Waals surface area contributed by atoms with Crippen LogP contribution in [-0.4, -0.2) is 48.4 Å². The van der Waals surface area contributed by atoms with Crippen LogP contribution in [0.4, 0.5) is 0 Å². The lowest BCUT2D eigenvalue weighted by Gasteiger charge is -2.38. The zero-order chi connectivity index (χ0) is 15.2. The van der Waals surface area contributed by atoms with Gasteiger partial charge in [0, 0.05) is 26.1 Å². The van der Waals surface area contributed by atoms with Gasteiger partial charge >= 0.3 is 0 Å². The largest absolute Gasteiger partial charge is 0.343 e. The molecule has 2 fully saturated rings. The summed E-state index contributed by atoms with van der Waals surface area (Å²) in [6.45, 7) is 12.5. The molecule has 0 unspecified atom stereocenters. The maximum Gasteiger partial charge on any atom is 0.222 e. The number of nitrogens with zero attached hydrogens (tertiary/aromatic N) is 2. The third-order valence-corrected chi connectivity index (χ3v) is 5.30. The molecule has 2 heterocycles.